The SMILES string of the molecule is CCOC(=O)c1cc(C#N)c(Cl)nc1Nc1cc(OC)c(OC)c(OC)c1. The van der Waals surface area contributed by atoms with Crippen molar-refractivity contribution < 1.29 is 23.7 Å². The molecule has 1 aromatic carbocycles. The van der Waals surface area contributed by atoms with Gasteiger partial charge in [-0.25, -0.2) is 9.78 Å². The molecule has 0 spiro atoms. The van der Waals surface area contributed by atoms with E-state index >= 15 is 0 Å². The molecule has 0 bridgehead atoms. The Hall–Kier alpha value is -3.18. The molecule has 0 saturated heterocycles. The zero-order valence-electron chi connectivity index (χ0n) is 15.3. The molecular weight excluding hydrogens is 374 g/mol. The van der Waals surface area contributed by atoms with Crippen LogP contribution in [0.1, 0.15) is 22.8 Å². The van der Waals surface area contributed by atoms with Crippen molar-refractivity contribution in [3.05, 3.63) is 34.5 Å². The highest BCUT2D eigenvalue weighted by atomic mass is 35.5. The maximum absolute atomic E-state index is 12.3. The fourth-order valence-electron chi connectivity index (χ4n) is 2.32. The number of hydrogen-bond donors (Lipinski definition) is 1. The lowest BCUT2D eigenvalue weighted by atomic mass is 10.2. The molecule has 0 atom stereocenters. The van der Waals surface area contributed by atoms with Crippen molar-refractivity contribution in [1.82, 2.24) is 4.98 Å². The van der Waals surface area contributed by atoms with E-state index < -0.39 is 5.97 Å². The molecule has 0 aliphatic heterocycles. The van der Waals surface area contributed by atoms with E-state index in [1.165, 1.54) is 27.4 Å². The van der Waals surface area contributed by atoms with Gasteiger partial charge >= 0.3 is 5.97 Å². The van der Waals surface area contributed by atoms with E-state index in [2.05, 4.69) is 10.3 Å². The molecular formula is C18H18ClN3O5. The van der Waals surface area contributed by atoms with E-state index in [1.807, 2.05) is 6.07 Å². The lowest BCUT2D eigenvalue weighted by molar-refractivity contribution is 0.0527. The maximum Gasteiger partial charge on any atom is 0.341 e. The standard InChI is InChI=1S/C18H18ClN3O5/c1-5-27-18(23)12-6-10(9-20)16(19)22-17(12)21-11-7-13(24-2)15(26-4)14(8-11)25-3/h6-8H,5H2,1-4H3,(H,21,22). The highest BCUT2D eigenvalue weighted by Gasteiger charge is 2.20. The van der Waals surface area contributed by atoms with E-state index in [1.54, 1.807) is 19.1 Å². The summed E-state index contributed by atoms with van der Waals surface area (Å²) in [5.41, 5.74) is 0.644. The lowest BCUT2D eigenvalue weighted by Gasteiger charge is -2.16. The van der Waals surface area contributed by atoms with Gasteiger partial charge in [-0.15, -0.1) is 0 Å². The van der Waals surface area contributed by atoms with Crippen LogP contribution in [0.3, 0.4) is 0 Å². The van der Waals surface area contributed by atoms with Gasteiger partial charge in [0.1, 0.15) is 22.6 Å². The summed E-state index contributed by atoms with van der Waals surface area (Å²) in [4.78, 5) is 16.4. The number of anilines is 2. The minimum absolute atomic E-state index is 0.0412. The molecule has 0 fully saturated rings. The lowest BCUT2D eigenvalue weighted by Crippen LogP contribution is -2.10. The Morgan fingerprint density at radius 2 is 1.81 bits per heavy atom. The fraction of sp³-hybridized carbons (Fsp3) is 0.278. The first kappa shape index (κ1) is 20.1. The molecule has 0 saturated carbocycles. The average Bonchev–Trinajstić information content (AvgIpc) is 2.67. The smallest absolute Gasteiger partial charge is 0.341 e. The molecule has 142 valence electrons. The second-order valence-corrected chi connectivity index (χ2v) is 5.45. The van der Waals surface area contributed by atoms with Crippen LogP contribution >= 0.6 is 11.6 Å². The normalized spacial score (nSPS) is 9.93. The molecule has 27 heavy (non-hydrogen) atoms. The molecule has 8 nitrogen and oxygen atoms in total. The van der Waals surface area contributed by atoms with Crippen LogP contribution in [0.5, 0.6) is 17.2 Å². The van der Waals surface area contributed by atoms with Crippen LogP contribution in [-0.4, -0.2) is 38.9 Å². The van der Waals surface area contributed by atoms with Crippen molar-refractivity contribution >= 4 is 29.1 Å². The Labute approximate surface area is 161 Å². The van der Waals surface area contributed by atoms with E-state index in [0.717, 1.165) is 0 Å². The van der Waals surface area contributed by atoms with Gasteiger partial charge in [0.25, 0.3) is 0 Å². The second-order valence-electron chi connectivity index (χ2n) is 5.09. The van der Waals surface area contributed by atoms with Crippen LogP contribution in [0.15, 0.2) is 18.2 Å². The van der Waals surface area contributed by atoms with Gasteiger partial charge in [0.05, 0.1) is 33.5 Å². The number of carbonyl (C=O) groups is 1. The summed E-state index contributed by atoms with van der Waals surface area (Å²) in [5, 5.41) is 12.1. The summed E-state index contributed by atoms with van der Waals surface area (Å²) < 4.78 is 20.9. The Bertz CT molecular complexity index is 870. The molecule has 9 heteroatoms. The number of aromatic nitrogens is 1. The van der Waals surface area contributed by atoms with Gasteiger partial charge in [0.15, 0.2) is 11.5 Å². The fourth-order valence-corrected chi connectivity index (χ4v) is 2.50. The number of nitrogens with one attached hydrogen (secondary N) is 1. The van der Waals surface area contributed by atoms with E-state index in [9.17, 15) is 4.79 Å². The number of pyridine rings is 1. The predicted molar refractivity (Wildman–Crippen MR) is 99.3 cm³/mol. The first-order valence-electron chi connectivity index (χ1n) is 7.83. The van der Waals surface area contributed by atoms with Gasteiger partial charge in [-0.05, 0) is 13.0 Å². The van der Waals surface area contributed by atoms with E-state index in [4.69, 9.17) is 35.8 Å². The van der Waals surface area contributed by atoms with Crippen molar-refractivity contribution in [3.8, 4) is 23.3 Å². The minimum Gasteiger partial charge on any atom is -0.493 e. The molecule has 2 rings (SSSR count). The topological polar surface area (TPSA) is 103 Å². The van der Waals surface area contributed by atoms with Gasteiger partial charge in [0.2, 0.25) is 5.75 Å². The van der Waals surface area contributed by atoms with Crippen molar-refractivity contribution in [3.63, 3.8) is 0 Å². The second kappa shape index (κ2) is 8.96. The number of halogens is 1. The molecule has 1 aromatic heterocycles. The molecule has 0 aliphatic rings. The molecule has 0 aliphatic carbocycles. The monoisotopic (exact) mass is 391 g/mol. The third kappa shape index (κ3) is 4.33. The van der Waals surface area contributed by atoms with Crippen molar-refractivity contribution in [2.24, 2.45) is 0 Å². The third-order valence-corrected chi connectivity index (χ3v) is 3.81. The van der Waals surface area contributed by atoms with E-state index in [-0.39, 0.29) is 28.7 Å². The summed E-state index contributed by atoms with van der Waals surface area (Å²) >= 11 is 6.02. The van der Waals surface area contributed by atoms with Crippen molar-refractivity contribution in [2.75, 3.05) is 33.3 Å². The number of benzene rings is 1. The molecule has 0 unspecified atom stereocenters. The van der Waals surface area contributed by atoms with Crippen LogP contribution in [0, 0.1) is 11.3 Å². The molecule has 1 heterocycles. The van der Waals surface area contributed by atoms with E-state index in [0.29, 0.717) is 22.9 Å². The van der Waals surface area contributed by atoms with Crippen LogP contribution < -0.4 is 19.5 Å². The number of methoxy groups -OCH3 is 3. The van der Waals surface area contributed by atoms with Crippen LogP contribution in [0.2, 0.25) is 5.15 Å². The first-order valence-corrected chi connectivity index (χ1v) is 8.21. The molecule has 1 N–H and O–H groups in total. The van der Waals surface area contributed by atoms with Gasteiger partial charge < -0.3 is 24.3 Å². The van der Waals surface area contributed by atoms with Crippen LogP contribution in [0.4, 0.5) is 11.5 Å². The van der Waals surface area contributed by atoms with Crippen LogP contribution in [-0.2, 0) is 4.74 Å². The number of esters is 1. The summed E-state index contributed by atoms with van der Waals surface area (Å²) in [7, 11) is 4.47. The number of nitriles is 1. The average molecular weight is 392 g/mol. The summed E-state index contributed by atoms with van der Waals surface area (Å²) in [6.45, 7) is 1.85. The third-order valence-electron chi connectivity index (χ3n) is 3.52. The molecule has 0 radical (unpaired) electrons. The zero-order valence-corrected chi connectivity index (χ0v) is 16.0. The number of nitrogens with zero attached hydrogens (tertiary/aromatic N) is 2. The van der Waals surface area contributed by atoms with Crippen LogP contribution in [0.25, 0.3) is 0 Å². The Kier molecular flexibility index (Phi) is 6.68. The van der Waals surface area contributed by atoms with Gasteiger partial charge in [-0.2, -0.15) is 5.26 Å². The number of hydrogen-bond acceptors (Lipinski definition) is 8. The Morgan fingerprint density at radius 3 is 2.30 bits per heavy atom. The van der Waals surface area contributed by atoms with Gasteiger partial charge in [-0.3, -0.25) is 0 Å². The first-order chi connectivity index (χ1) is 13.0. The quantitative estimate of drug-likeness (QED) is 0.564. The maximum atomic E-state index is 12.3. The van der Waals surface area contributed by atoms with Crippen molar-refractivity contribution in [1.29, 1.82) is 5.26 Å². The summed E-state index contributed by atoms with van der Waals surface area (Å²) in [6.07, 6.45) is 0. The zero-order chi connectivity index (χ0) is 20.0. The predicted octanol–water partition coefficient (Wildman–Crippen LogP) is 3.55. The molecule has 2 aromatic rings. The number of ether oxygens (including phenoxy) is 4. The molecule has 0 amide bonds. The van der Waals surface area contributed by atoms with Gasteiger partial charge in [0, 0.05) is 17.8 Å². The highest BCUT2D eigenvalue weighted by Crippen LogP contribution is 2.40. The summed E-state index contributed by atoms with van der Waals surface area (Å²) in [5.74, 6) is 0.746. The van der Waals surface area contributed by atoms with Crippen molar-refractivity contribution in [2.45, 2.75) is 6.92 Å². The number of rotatable bonds is 7. The largest absolute Gasteiger partial charge is 0.493 e. The Morgan fingerprint density at radius 1 is 1.19 bits per heavy atom. The van der Waals surface area contributed by atoms with Gasteiger partial charge in [-0.1, -0.05) is 11.6 Å². The Balaban J connectivity index is 2.55. The minimum atomic E-state index is -0.631. The number of carbonyl (C=O) groups excluding carboxylic acids is 1. The highest BCUT2D eigenvalue weighted by molar-refractivity contribution is 6.30. The summed E-state index contributed by atoms with van der Waals surface area (Å²) in [6, 6.07) is 6.50.